The van der Waals surface area contributed by atoms with Gasteiger partial charge < -0.3 is 14.4 Å². The monoisotopic (exact) mass is 458 g/mol. The molecule has 1 aliphatic heterocycles. The van der Waals surface area contributed by atoms with Crippen molar-refractivity contribution in [2.75, 3.05) is 13.1 Å². The highest BCUT2D eigenvalue weighted by molar-refractivity contribution is 7.20. The minimum Gasteiger partial charge on any atom is -0.467 e. The fourth-order valence-corrected chi connectivity index (χ4v) is 5.16. The molecule has 4 aromatic rings. The normalized spacial score (nSPS) is 14.4. The van der Waals surface area contributed by atoms with Crippen LogP contribution in [-0.4, -0.2) is 35.0 Å². The number of thiazole rings is 1. The number of amides is 1. The van der Waals surface area contributed by atoms with Gasteiger partial charge in [-0.3, -0.25) is 4.79 Å². The van der Waals surface area contributed by atoms with Crippen molar-refractivity contribution >= 4 is 27.5 Å². The molecule has 3 aromatic carbocycles. The van der Waals surface area contributed by atoms with Crippen molar-refractivity contribution in [1.82, 2.24) is 9.88 Å². The Morgan fingerprint density at radius 1 is 0.939 bits per heavy atom. The van der Waals surface area contributed by atoms with Gasteiger partial charge in [-0.15, -0.1) is 0 Å². The molecule has 0 N–H and O–H groups in total. The molecule has 168 valence electrons. The maximum atomic E-state index is 13.3. The molecule has 1 aliphatic rings. The molecule has 0 bridgehead atoms. The highest BCUT2D eigenvalue weighted by Gasteiger charge is 2.27. The number of para-hydroxylation sites is 2. The first kappa shape index (κ1) is 21.5. The lowest BCUT2D eigenvalue weighted by atomic mass is 10.1. The molecule has 5 nitrogen and oxygen atoms in total. The summed E-state index contributed by atoms with van der Waals surface area (Å²) < 4.78 is 13.4. The summed E-state index contributed by atoms with van der Waals surface area (Å²) in [4.78, 5) is 19.9. The summed E-state index contributed by atoms with van der Waals surface area (Å²) in [7, 11) is 0. The standard InChI is InChI=1S/C27H26N2O3S/c1-18-12-13-19(2)25-24(18)28-27(33-25)32-21-14-16-29(17-15-21)26(30)22-10-6-7-11-23(22)31-20-8-4-3-5-9-20/h3-13,21H,14-17H2,1-2H3. The number of carbonyl (C=O) groups excluding carboxylic acids is 1. The fourth-order valence-electron chi connectivity index (χ4n) is 4.13. The number of aryl methyl sites for hydroxylation is 2. The van der Waals surface area contributed by atoms with E-state index in [1.54, 1.807) is 11.3 Å². The van der Waals surface area contributed by atoms with E-state index in [0.29, 0.717) is 35.3 Å². The summed E-state index contributed by atoms with van der Waals surface area (Å²) in [5, 5.41) is 0.716. The molecule has 1 amide bonds. The summed E-state index contributed by atoms with van der Waals surface area (Å²) >= 11 is 1.61. The van der Waals surface area contributed by atoms with Crippen LogP contribution in [0.15, 0.2) is 66.7 Å². The molecule has 0 saturated carbocycles. The van der Waals surface area contributed by atoms with Gasteiger partial charge in [-0.05, 0) is 49.2 Å². The van der Waals surface area contributed by atoms with Crippen LogP contribution in [0.2, 0.25) is 0 Å². The van der Waals surface area contributed by atoms with E-state index in [4.69, 9.17) is 14.5 Å². The van der Waals surface area contributed by atoms with Crippen molar-refractivity contribution in [2.24, 2.45) is 0 Å². The summed E-state index contributed by atoms with van der Waals surface area (Å²) in [6, 6.07) is 21.2. The molecule has 1 aromatic heterocycles. The van der Waals surface area contributed by atoms with E-state index in [1.807, 2.05) is 59.5 Å². The highest BCUT2D eigenvalue weighted by Crippen LogP contribution is 2.34. The minimum atomic E-state index is -0.00813. The van der Waals surface area contributed by atoms with Crippen molar-refractivity contribution in [3.63, 3.8) is 0 Å². The lowest BCUT2D eigenvalue weighted by Crippen LogP contribution is -2.41. The fraction of sp³-hybridized carbons (Fsp3) is 0.259. The van der Waals surface area contributed by atoms with Gasteiger partial charge in [0.15, 0.2) is 0 Å². The Morgan fingerprint density at radius 2 is 1.64 bits per heavy atom. The van der Waals surface area contributed by atoms with Gasteiger partial charge in [0.25, 0.3) is 11.1 Å². The Balaban J connectivity index is 1.24. The van der Waals surface area contributed by atoms with Crippen molar-refractivity contribution in [3.8, 4) is 16.7 Å². The quantitative estimate of drug-likeness (QED) is 0.348. The molecule has 5 rings (SSSR count). The van der Waals surface area contributed by atoms with Crippen molar-refractivity contribution in [2.45, 2.75) is 32.8 Å². The number of fused-ring (bicyclic) bond motifs is 1. The van der Waals surface area contributed by atoms with Crippen LogP contribution in [0.5, 0.6) is 16.7 Å². The third-order valence-corrected chi connectivity index (χ3v) is 7.09. The molecule has 6 heteroatoms. The average Bonchev–Trinajstić information content (AvgIpc) is 3.28. The molecule has 0 spiro atoms. The first-order valence-corrected chi connectivity index (χ1v) is 12.0. The SMILES string of the molecule is Cc1ccc(C)c2sc(OC3CCN(C(=O)c4ccccc4Oc4ccccc4)CC3)nc12. The number of hydrogen-bond acceptors (Lipinski definition) is 5. The van der Waals surface area contributed by atoms with E-state index in [-0.39, 0.29) is 12.0 Å². The number of nitrogens with zero attached hydrogens (tertiary/aromatic N) is 2. The van der Waals surface area contributed by atoms with Gasteiger partial charge in [-0.2, -0.15) is 0 Å². The molecule has 2 heterocycles. The second-order valence-corrected chi connectivity index (χ2v) is 9.34. The van der Waals surface area contributed by atoms with E-state index >= 15 is 0 Å². The molecule has 0 radical (unpaired) electrons. The van der Waals surface area contributed by atoms with Gasteiger partial charge in [-0.25, -0.2) is 4.98 Å². The minimum absolute atomic E-state index is 0.00813. The molecule has 0 unspecified atom stereocenters. The Kier molecular flexibility index (Phi) is 6.01. The summed E-state index contributed by atoms with van der Waals surface area (Å²) in [6.07, 6.45) is 1.62. The maximum absolute atomic E-state index is 13.3. The van der Waals surface area contributed by atoms with Crippen LogP contribution in [0.4, 0.5) is 0 Å². The van der Waals surface area contributed by atoms with E-state index < -0.39 is 0 Å². The van der Waals surface area contributed by atoms with Gasteiger partial charge in [0, 0.05) is 25.9 Å². The van der Waals surface area contributed by atoms with E-state index in [1.165, 1.54) is 15.8 Å². The molecule has 1 fully saturated rings. The molecule has 0 atom stereocenters. The van der Waals surface area contributed by atoms with Crippen LogP contribution < -0.4 is 9.47 Å². The van der Waals surface area contributed by atoms with Crippen LogP contribution in [-0.2, 0) is 0 Å². The van der Waals surface area contributed by atoms with Gasteiger partial charge >= 0.3 is 0 Å². The Morgan fingerprint density at radius 3 is 2.39 bits per heavy atom. The molecular formula is C27H26N2O3S. The molecule has 1 saturated heterocycles. The topological polar surface area (TPSA) is 51.7 Å². The zero-order valence-corrected chi connectivity index (χ0v) is 19.6. The Bertz CT molecular complexity index is 1240. The highest BCUT2D eigenvalue weighted by atomic mass is 32.1. The molecule has 33 heavy (non-hydrogen) atoms. The number of ether oxygens (including phenoxy) is 2. The van der Waals surface area contributed by atoms with Crippen LogP contribution >= 0.6 is 11.3 Å². The van der Waals surface area contributed by atoms with Gasteiger partial charge in [0.2, 0.25) is 0 Å². The second kappa shape index (κ2) is 9.24. The Hall–Kier alpha value is -3.38. The van der Waals surface area contributed by atoms with Crippen molar-refractivity contribution in [1.29, 1.82) is 0 Å². The first-order valence-electron chi connectivity index (χ1n) is 11.2. The number of rotatable bonds is 5. The van der Waals surface area contributed by atoms with Crippen LogP contribution in [0, 0.1) is 13.8 Å². The van der Waals surface area contributed by atoms with Gasteiger partial charge in [-0.1, -0.05) is 53.8 Å². The number of benzene rings is 3. The largest absolute Gasteiger partial charge is 0.467 e. The smallest absolute Gasteiger partial charge is 0.274 e. The van der Waals surface area contributed by atoms with Crippen molar-refractivity contribution < 1.29 is 14.3 Å². The average molecular weight is 459 g/mol. The molecule has 0 aliphatic carbocycles. The Labute approximate surface area is 197 Å². The van der Waals surface area contributed by atoms with Gasteiger partial charge in [0.1, 0.15) is 17.6 Å². The predicted octanol–water partition coefficient (Wildman–Crippen LogP) is 6.39. The van der Waals surface area contributed by atoms with Crippen LogP contribution in [0.1, 0.15) is 34.3 Å². The third kappa shape index (κ3) is 4.57. The van der Waals surface area contributed by atoms with Crippen LogP contribution in [0.25, 0.3) is 10.2 Å². The predicted molar refractivity (Wildman–Crippen MR) is 132 cm³/mol. The van der Waals surface area contributed by atoms with E-state index in [9.17, 15) is 4.79 Å². The number of hydrogen-bond donors (Lipinski definition) is 0. The van der Waals surface area contributed by atoms with E-state index in [0.717, 1.165) is 18.4 Å². The lowest BCUT2D eigenvalue weighted by molar-refractivity contribution is 0.0593. The number of likely N-dealkylation sites (tertiary alicyclic amines) is 1. The number of piperidine rings is 1. The van der Waals surface area contributed by atoms with Gasteiger partial charge in [0.05, 0.1) is 15.8 Å². The first-order chi connectivity index (χ1) is 16.1. The molecular weight excluding hydrogens is 432 g/mol. The third-order valence-electron chi connectivity index (χ3n) is 6.01. The zero-order valence-electron chi connectivity index (χ0n) is 18.8. The number of carbonyl (C=O) groups is 1. The maximum Gasteiger partial charge on any atom is 0.274 e. The summed E-state index contributed by atoms with van der Waals surface area (Å²) in [6.45, 7) is 5.47. The van der Waals surface area contributed by atoms with E-state index in [2.05, 4.69) is 26.0 Å². The van der Waals surface area contributed by atoms with Crippen molar-refractivity contribution in [3.05, 3.63) is 83.4 Å². The van der Waals surface area contributed by atoms with Crippen LogP contribution in [0.3, 0.4) is 0 Å². The summed E-state index contributed by atoms with van der Waals surface area (Å²) in [5.41, 5.74) is 3.99. The summed E-state index contributed by atoms with van der Waals surface area (Å²) in [5.74, 6) is 1.28. The zero-order chi connectivity index (χ0) is 22.8. The number of aromatic nitrogens is 1. The lowest BCUT2D eigenvalue weighted by Gasteiger charge is -2.32. The second-order valence-electron chi connectivity index (χ2n) is 8.38.